The highest BCUT2D eigenvalue weighted by Gasteiger charge is 2.29. The molecule has 1 fully saturated rings. The third-order valence-corrected chi connectivity index (χ3v) is 4.95. The summed E-state index contributed by atoms with van der Waals surface area (Å²) in [5.74, 6) is 0. The number of imidazole rings is 1. The lowest BCUT2D eigenvalue weighted by Gasteiger charge is -2.12. The number of aliphatic hydroxyl groups is 1. The van der Waals surface area contributed by atoms with E-state index in [1.54, 1.807) is 11.3 Å². The van der Waals surface area contributed by atoms with E-state index in [1.165, 1.54) is 12.8 Å². The minimum atomic E-state index is 0.0162. The van der Waals surface area contributed by atoms with Gasteiger partial charge in [0.15, 0.2) is 0 Å². The van der Waals surface area contributed by atoms with E-state index < -0.39 is 0 Å². The Bertz CT molecular complexity index is 790. The highest BCUT2D eigenvalue weighted by Crippen LogP contribution is 2.34. The highest BCUT2D eigenvalue weighted by molar-refractivity contribution is 7.20. The molecule has 0 saturated heterocycles. The van der Waals surface area contributed by atoms with Crippen molar-refractivity contribution in [2.75, 3.05) is 11.9 Å². The average Bonchev–Trinajstić information content (AvgIpc) is 3.16. The van der Waals surface area contributed by atoms with Gasteiger partial charge >= 0.3 is 0 Å². The number of rotatable bonds is 4. The lowest BCUT2D eigenvalue weighted by atomic mass is 10.1. The predicted molar refractivity (Wildman–Crippen MR) is 83.6 cm³/mol. The molecule has 0 atom stereocenters. The van der Waals surface area contributed by atoms with Gasteiger partial charge in [0, 0.05) is 18.7 Å². The van der Waals surface area contributed by atoms with E-state index in [9.17, 15) is 5.11 Å². The van der Waals surface area contributed by atoms with E-state index in [1.807, 2.05) is 35.0 Å². The first-order chi connectivity index (χ1) is 10.3. The fraction of sp³-hybridized carbons (Fsp3) is 0.333. The molecule has 1 N–H and O–H groups in total. The van der Waals surface area contributed by atoms with Crippen LogP contribution in [0, 0.1) is 0 Å². The summed E-state index contributed by atoms with van der Waals surface area (Å²) in [4.78, 5) is 7.59. The fourth-order valence-electron chi connectivity index (χ4n) is 2.53. The fourth-order valence-corrected chi connectivity index (χ4v) is 3.44. The molecular formula is C15H16N4OS. The van der Waals surface area contributed by atoms with E-state index in [0.717, 1.165) is 26.9 Å². The van der Waals surface area contributed by atoms with Crippen LogP contribution in [-0.4, -0.2) is 32.8 Å². The SMILES string of the molecule is CN(c1nn2c(-c3ccccc3CO)cnc2s1)C1CC1. The van der Waals surface area contributed by atoms with Gasteiger partial charge in [0.05, 0.1) is 18.5 Å². The molecule has 21 heavy (non-hydrogen) atoms. The second-order valence-electron chi connectivity index (χ2n) is 5.38. The Kier molecular flexibility index (Phi) is 2.94. The summed E-state index contributed by atoms with van der Waals surface area (Å²) >= 11 is 1.61. The van der Waals surface area contributed by atoms with Gasteiger partial charge in [-0.05, 0) is 18.4 Å². The van der Waals surface area contributed by atoms with E-state index in [-0.39, 0.29) is 6.61 Å². The smallest absolute Gasteiger partial charge is 0.214 e. The predicted octanol–water partition coefficient (Wildman–Crippen LogP) is 2.55. The molecule has 1 aliphatic rings. The van der Waals surface area contributed by atoms with Crippen molar-refractivity contribution in [1.82, 2.24) is 14.6 Å². The summed E-state index contributed by atoms with van der Waals surface area (Å²) in [6.45, 7) is 0.0162. The van der Waals surface area contributed by atoms with Crippen molar-refractivity contribution in [2.45, 2.75) is 25.5 Å². The summed E-state index contributed by atoms with van der Waals surface area (Å²) in [6, 6.07) is 8.46. The lowest BCUT2D eigenvalue weighted by Crippen LogP contribution is -2.19. The minimum absolute atomic E-state index is 0.0162. The molecule has 4 rings (SSSR count). The Morgan fingerprint density at radius 3 is 2.95 bits per heavy atom. The molecule has 3 aromatic rings. The quantitative estimate of drug-likeness (QED) is 0.804. The van der Waals surface area contributed by atoms with Gasteiger partial charge in [-0.15, -0.1) is 5.10 Å². The van der Waals surface area contributed by atoms with Crippen molar-refractivity contribution >= 4 is 21.4 Å². The number of aromatic nitrogens is 3. The van der Waals surface area contributed by atoms with Crippen molar-refractivity contribution in [3.63, 3.8) is 0 Å². The first kappa shape index (κ1) is 12.8. The zero-order chi connectivity index (χ0) is 14.4. The number of benzene rings is 1. The standard InChI is InChI=1S/C15H16N4OS/c1-18(11-6-7-11)15-17-19-13(8-16-14(19)21-15)12-5-3-2-4-10(12)9-20/h2-5,8,11,20H,6-7,9H2,1H3. The van der Waals surface area contributed by atoms with E-state index in [0.29, 0.717) is 6.04 Å². The molecule has 5 nitrogen and oxygen atoms in total. The van der Waals surface area contributed by atoms with Gasteiger partial charge in [0.2, 0.25) is 10.1 Å². The molecule has 0 radical (unpaired) electrons. The van der Waals surface area contributed by atoms with Crippen LogP contribution in [0.5, 0.6) is 0 Å². The van der Waals surface area contributed by atoms with Crippen molar-refractivity contribution in [2.24, 2.45) is 0 Å². The maximum absolute atomic E-state index is 9.51. The Hall–Kier alpha value is -1.92. The number of anilines is 1. The molecule has 0 spiro atoms. The van der Waals surface area contributed by atoms with Crippen molar-refractivity contribution < 1.29 is 5.11 Å². The van der Waals surface area contributed by atoms with Crippen LogP contribution in [0.15, 0.2) is 30.5 Å². The molecule has 1 saturated carbocycles. The summed E-state index contributed by atoms with van der Waals surface area (Å²) in [5, 5.41) is 15.2. The van der Waals surface area contributed by atoms with Crippen LogP contribution >= 0.6 is 11.3 Å². The monoisotopic (exact) mass is 300 g/mol. The molecule has 2 aromatic heterocycles. The maximum Gasteiger partial charge on any atom is 0.214 e. The molecule has 2 heterocycles. The molecule has 0 bridgehead atoms. The molecular weight excluding hydrogens is 284 g/mol. The van der Waals surface area contributed by atoms with Crippen LogP contribution in [0.2, 0.25) is 0 Å². The van der Waals surface area contributed by atoms with Crippen molar-refractivity contribution in [1.29, 1.82) is 0 Å². The first-order valence-electron chi connectivity index (χ1n) is 7.04. The van der Waals surface area contributed by atoms with Crippen LogP contribution in [0.25, 0.3) is 16.2 Å². The van der Waals surface area contributed by atoms with Gasteiger partial charge in [-0.1, -0.05) is 35.6 Å². The van der Waals surface area contributed by atoms with Gasteiger partial charge in [-0.2, -0.15) is 0 Å². The Morgan fingerprint density at radius 1 is 1.38 bits per heavy atom. The molecule has 108 valence electrons. The molecule has 1 aliphatic carbocycles. The van der Waals surface area contributed by atoms with Gasteiger partial charge < -0.3 is 10.0 Å². The number of nitrogens with zero attached hydrogens (tertiary/aromatic N) is 4. The topological polar surface area (TPSA) is 53.7 Å². The molecule has 6 heteroatoms. The average molecular weight is 300 g/mol. The number of hydrogen-bond acceptors (Lipinski definition) is 5. The highest BCUT2D eigenvalue weighted by atomic mass is 32.1. The van der Waals surface area contributed by atoms with Crippen LogP contribution in [0.4, 0.5) is 5.13 Å². The van der Waals surface area contributed by atoms with Gasteiger partial charge in [0.25, 0.3) is 0 Å². The Labute approximate surface area is 126 Å². The van der Waals surface area contributed by atoms with Gasteiger partial charge in [-0.3, -0.25) is 0 Å². The number of aliphatic hydroxyl groups excluding tert-OH is 1. The zero-order valence-electron chi connectivity index (χ0n) is 11.7. The van der Waals surface area contributed by atoms with E-state index in [4.69, 9.17) is 5.10 Å². The second kappa shape index (κ2) is 4.82. The van der Waals surface area contributed by atoms with E-state index >= 15 is 0 Å². The Morgan fingerprint density at radius 2 is 2.19 bits per heavy atom. The molecule has 0 aliphatic heterocycles. The summed E-state index contributed by atoms with van der Waals surface area (Å²) < 4.78 is 1.88. The van der Waals surface area contributed by atoms with E-state index in [2.05, 4.69) is 16.9 Å². The van der Waals surface area contributed by atoms with Crippen LogP contribution < -0.4 is 4.90 Å². The van der Waals surface area contributed by atoms with Gasteiger partial charge in [0.1, 0.15) is 0 Å². The lowest BCUT2D eigenvalue weighted by molar-refractivity contribution is 0.282. The molecule has 0 unspecified atom stereocenters. The largest absolute Gasteiger partial charge is 0.392 e. The first-order valence-corrected chi connectivity index (χ1v) is 7.86. The summed E-state index contributed by atoms with van der Waals surface area (Å²) in [5.41, 5.74) is 2.81. The minimum Gasteiger partial charge on any atom is -0.392 e. The number of fused-ring (bicyclic) bond motifs is 1. The van der Waals surface area contributed by atoms with Crippen LogP contribution in [0.1, 0.15) is 18.4 Å². The van der Waals surface area contributed by atoms with Crippen LogP contribution in [0.3, 0.4) is 0 Å². The van der Waals surface area contributed by atoms with Crippen LogP contribution in [-0.2, 0) is 6.61 Å². The Balaban J connectivity index is 1.81. The normalized spacial score (nSPS) is 14.8. The number of hydrogen-bond donors (Lipinski definition) is 1. The third-order valence-electron chi connectivity index (χ3n) is 3.93. The van der Waals surface area contributed by atoms with Crippen molar-refractivity contribution in [3.8, 4) is 11.3 Å². The van der Waals surface area contributed by atoms with Crippen molar-refractivity contribution in [3.05, 3.63) is 36.0 Å². The summed E-state index contributed by atoms with van der Waals surface area (Å²) in [6.07, 6.45) is 4.32. The molecule has 1 aromatic carbocycles. The summed E-state index contributed by atoms with van der Waals surface area (Å²) in [7, 11) is 2.09. The van der Waals surface area contributed by atoms with Gasteiger partial charge in [-0.25, -0.2) is 9.50 Å². The zero-order valence-corrected chi connectivity index (χ0v) is 12.5. The third kappa shape index (κ3) is 2.11. The second-order valence-corrected chi connectivity index (χ2v) is 6.31. The maximum atomic E-state index is 9.51. The molecule has 0 amide bonds.